The number of oxime groups is 1. The molecule has 21 heavy (non-hydrogen) atoms. The molecule has 0 heterocycles. The van der Waals surface area contributed by atoms with E-state index in [9.17, 15) is 0 Å². The predicted molar refractivity (Wildman–Crippen MR) is 90.7 cm³/mol. The van der Waals surface area contributed by atoms with E-state index in [2.05, 4.69) is 35.8 Å². The van der Waals surface area contributed by atoms with Crippen LogP contribution >= 0.6 is 0 Å². The van der Waals surface area contributed by atoms with Crippen LogP contribution in [-0.2, 0) is 4.84 Å². The Hall–Kier alpha value is -2.10. The van der Waals surface area contributed by atoms with Gasteiger partial charge in [0.15, 0.2) is 0 Å². The van der Waals surface area contributed by atoms with Gasteiger partial charge in [-0.25, -0.2) is 4.99 Å². The molecular weight excluding hydrogens is 262 g/mol. The first kappa shape index (κ1) is 17.0. The molecule has 0 bridgehead atoms. The maximum Gasteiger partial charge on any atom is 0.137 e. The molecule has 114 valence electrons. The third kappa shape index (κ3) is 5.81. The molecule has 0 spiro atoms. The van der Waals surface area contributed by atoms with Crippen LogP contribution in [0.1, 0.15) is 30.5 Å². The van der Waals surface area contributed by atoms with Crippen LogP contribution in [0.4, 0.5) is 5.69 Å². The Morgan fingerprint density at radius 1 is 1.33 bits per heavy atom. The number of hydrogen-bond acceptors (Lipinski definition) is 3. The number of benzene rings is 1. The lowest BCUT2D eigenvalue weighted by Gasteiger charge is -2.10. The highest BCUT2D eigenvalue weighted by atomic mass is 16.6. The van der Waals surface area contributed by atoms with Crippen molar-refractivity contribution in [3.63, 3.8) is 0 Å². The third-order valence-corrected chi connectivity index (χ3v) is 3.05. The molecule has 0 aliphatic carbocycles. The maximum atomic E-state index is 5.15. The standard InChI is InChI=1S/C17H25N3O/c1-7-20(6)12-18-17-9-14(4)16(8-15(17)5)10-19-21-11-13(2)3/h8-10,12H,2,7,11H2,1,3-6H3/b18-12-,19-10+. The molecular formula is C17H25N3O. The van der Waals surface area contributed by atoms with E-state index in [1.807, 2.05) is 39.1 Å². The molecule has 0 saturated heterocycles. The van der Waals surface area contributed by atoms with Gasteiger partial charge in [0.25, 0.3) is 0 Å². The normalized spacial score (nSPS) is 11.3. The van der Waals surface area contributed by atoms with Crippen LogP contribution in [0.2, 0.25) is 0 Å². The Morgan fingerprint density at radius 2 is 2.05 bits per heavy atom. The molecule has 0 aliphatic rings. The SMILES string of the molecule is C=C(C)CO/N=C/c1cc(C)c(/N=C\N(C)CC)cc1C. The molecule has 0 atom stereocenters. The number of nitrogens with zero attached hydrogens (tertiary/aromatic N) is 3. The second-order valence-corrected chi connectivity index (χ2v) is 5.28. The fraction of sp³-hybridized carbons (Fsp3) is 0.412. The lowest BCUT2D eigenvalue weighted by Crippen LogP contribution is -2.14. The van der Waals surface area contributed by atoms with Crippen LogP contribution < -0.4 is 0 Å². The van der Waals surface area contributed by atoms with Crippen LogP contribution in [0.3, 0.4) is 0 Å². The van der Waals surface area contributed by atoms with E-state index in [-0.39, 0.29) is 0 Å². The highest BCUT2D eigenvalue weighted by Gasteiger charge is 2.02. The van der Waals surface area contributed by atoms with Crippen LogP contribution in [0, 0.1) is 13.8 Å². The van der Waals surface area contributed by atoms with E-state index in [4.69, 9.17) is 4.84 Å². The Labute approximate surface area is 127 Å². The lowest BCUT2D eigenvalue weighted by molar-refractivity contribution is 0.170. The van der Waals surface area contributed by atoms with Crippen molar-refractivity contribution in [2.75, 3.05) is 20.2 Å². The van der Waals surface area contributed by atoms with E-state index in [0.717, 1.165) is 34.5 Å². The molecule has 4 nitrogen and oxygen atoms in total. The molecule has 0 unspecified atom stereocenters. The van der Waals surface area contributed by atoms with E-state index in [0.29, 0.717) is 6.61 Å². The van der Waals surface area contributed by atoms with E-state index in [1.54, 1.807) is 6.21 Å². The van der Waals surface area contributed by atoms with E-state index < -0.39 is 0 Å². The number of hydrogen-bond donors (Lipinski definition) is 0. The Bertz CT molecular complexity index is 547. The first-order valence-electron chi connectivity index (χ1n) is 7.09. The number of aliphatic imine (C=N–C) groups is 1. The molecule has 0 radical (unpaired) electrons. The van der Waals surface area contributed by atoms with Crippen LogP contribution in [-0.4, -0.2) is 37.7 Å². The maximum absolute atomic E-state index is 5.15. The molecule has 0 fully saturated rings. The molecule has 0 amide bonds. The first-order valence-corrected chi connectivity index (χ1v) is 7.09. The van der Waals surface area contributed by atoms with Crippen molar-refractivity contribution in [3.8, 4) is 0 Å². The summed E-state index contributed by atoms with van der Waals surface area (Å²) in [7, 11) is 2.01. The molecule has 0 N–H and O–H groups in total. The zero-order valence-corrected chi connectivity index (χ0v) is 13.7. The molecule has 1 rings (SSSR count). The molecule has 0 aliphatic heterocycles. The fourth-order valence-corrected chi connectivity index (χ4v) is 1.59. The largest absolute Gasteiger partial charge is 0.391 e. The third-order valence-electron chi connectivity index (χ3n) is 3.05. The smallest absolute Gasteiger partial charge is 0.137 e. The van der Waals surface area contributed by atoms with Crippen molar-refractivity contribution in [2.24, 2.45) is 10.1 Å². The molecule has 4 heteroatoms. The summed E-state index contributed by atoms with van der Waals surface area (Å²) in [6.45, 7) is 13.2. The van der Waals surface area contributed by atoms with Crippen molar-refractivity contribution in [1.29, 1.82) is 0 Å². The number of rotatable bonds is 7. The van der Waals surface area contributed by atoms with Gasteiger partial charge in [0.05, 0.1) is 18.2 Å². The number of aryl methyl sites for hydroxylation is 2. The minimum Gasteiger partial charge on any atom is -0.391 e. The van der Waals surface area contributed by atoms with Crippen LogP contribution in [0.25, 0.3) is 0 Å². The summed E-state index contributed by atoms with van der Waals surface area (Å²) in [5.41, 5.74) is 5.20. The zero-order valence-electron chi connectivity index (χ0n) is 13.7. The van der Waals surface area contributed by atoms with Gasteiger partial charge in [-0.3, -0.25) is 0 Å². The fourth-order valence-electron chi connectivity index (χ4n) is 1.59. The van der Waals surface area contributed by atoms with Crippen molar-refractivity contribution >= 4 is 18.2 Å². The highest BCUT2D eigenvalue weighted by molar-refractivity contribution is 5.83. The Morgan fingerprint density at radius 3 is 2.67 bits per heavy atom. The predicted octanol–water partition coefficient (Wildman–Crippen LogP) is 3.84. The first-order chi connectivity index (χ1) is 9.93. The topological polar surface area (TPSA) is 37.2 Å². The van der Waals surface area contributed by atoms with Gasteiger partial charge in [0.2, 0.25) is 0 Å². The summed E-state index contributed by atoms with van der Waals surface area (Å²) in [5.74, 6) is 0. The minimum absolute atomic E-state index is 0.445. The summed E-state index contributed by atoms with van der Waals surface area (Å²) < 4.78 is 0. The lowest BCUT2D eigenvalue weighted by atomic mass is 10.0. The van der Waals surface area contributed by atoms with Gasteiger partial charge in [-0.1, -0.05) is 11.7 Å². The van der Waals surface area contributed by atoms with Crippen molar-refractivity contribution in [1.82, 2.24) is 4.90 Å². The van der Waals surface area contributed by atoms with Gasteiger partial charge >= 0.3 is 0 Å². The van der Waals surface area contributed by atoms with Crippen LogP contribution in [0.15, 0.2) is 34.4 Å². The monoisotopic (exact) mass is 287 g/mol. The van der Waals surface area contributed by atoms with Gasteiger partial charge < -0.3 is 9.74 Å². The summed E-state index contributed by atoms with van der Waals surface area (Å²) >= 11 is 0. The average Bonchev–Trinajstić information content (AvgIpc) is 2.44. The summed E-state index contributed by atoms with van der Waals surface area (Å²) in [5, 5.41) is 3.97. The summed E-state index contributed by atoms with van der Waals surface area (Å²) in [6.07, 6.45) is 3.59. The average molecular weight is 287 g/mol. The van der Waals surface area contributed by atoms with Gasteiger partial charge in [0.1, 0.15) is 6.61 Å². The van der Waals surface area contributed by atoms with Crippen molar-refractivity contribution in [2.45, 2.75) is 27.7 Å². The molecule has 0 saturated carbocycles. The second kappa shape index (κ2) is 8.25. The zero-order chi connectivity index (χ0) is 15.8. The molecule has 1 aromatic rings. The molecule has 1 aromatic carbocycles. The van der Waals surface area contributed by atoms with Gasteiger partial charge in [0, 0.05) is 13.6 Å². The van der Waals surface area contributed by atoms with E-state index in [1.165, 1.54) is 0 Å². The Kier molecular flexibility index (Phi) is 6.66. The highest BCUT2D eigenvalue weighted by Crippen LogP contribution is 2.22. The van der Waals surface area contributed by atoms with Gasteiger partial charge in [-0.05, 0) is 62.1 Å². The van der Waals surface area contributed by atoms with E-state index >= 15 is 0 Å². The summed E-state index contributed by atoms with van der Waals surface area (Å²) in [6, 6.07) is 4.14. The Balaban J connectivity index is 2.84. The van der Waals surface area contributed by atoms with Gasteiger partial charge in [-0.2, -0.15) is 0 Å². The van der Waals surface area contributed by atoms with Gasteiger partial charge in [-0.15, -0.1) is 0 Å². The minimum atomic E-state index is 0.445. The van der Waals surface area contributed by atoms with Crippen molar-refractivity contribution in [3.05, 3.63) is 41.0 Å². The van der Waals surface area contributed by atoms with Crippen LogP contribution in [0.5, 0.6) is 0 Å². The second-order valence-electron chi connectivity index (χ2n) is 5.28. The van der Waals surface area contributed by atoms with Crippen molar-refractivity contribution < 1.29 is 4.84 Å². The molecule has 0 aromatic heterocycles. The summed E-state index contributed by atoms with van der Waals surface area (Å²) in [4.78, 5) is 11.7. The quantitative estimate of drug-likeness (QED) is 0.331.